The Labute approximate surface area is 114 Å². The maximum absolute atomic E-state index is 12.7. The van der Waals surface area contributed by atoms with E-state index in [-0.39, 0.29) is 5.91 Å². The number of carbonyl (C=O) groups excluding carboxylic acids is 1. The first kappa shape index (κ1) is 13.6. The standard InChI is InChI=1S/C16H20N2O/c1-4-18(14-8-6-5-7-13(14)3)15(19)16(11-17)9-12(2)10-16/h5-8,12H,4,9-10H2,1-3H3. The highest BCUT2D eigenvalue weighted by atomic mass is 16.2. The van der Waals surface area contributed by atoms with E-state index in [1.54, 1.807) is 4.90 Å². The fourth-order valence-electron chi connectivity index (χ4n) is 2.99. The lowest BCUT2D eigenvalue weighted by atomic mass is 9.62. The van der Waals surface area contributed by atoms with Crippen LogP contribution in [0.3, 0.4) is 0 Å². The Hall–Kier alpha value is -1.82. The first-order chi connectivity index (χ1) is 9.04. The molecule has 3 nitrogen and oxygen atoms in total. The van der Waals surface area contributed by atoms with E-state index in [9.17, 15) is 10.1 Å². The Morgan fingerprint density at radius 1 is 1.47 bits per heavy atom. The van der Waals surface area contributed by atoms with Crippen LogP contribution >= 0.6 is 0 Å². The maximum Gasteiger partial charge on any atom is 0.247 e. The van der Waals surface area contributed by atoms with Crippen molar-refractivity contribution in [1.82, 2.24) is 0 Å². The summed E-state index contributed by atoms with van der Waals surface area (Å²) in [5, 5.41) is 9.39. The molecule has 1 aromatic rings. The second-order valence-corrected chi connectivity index (χ2v) is 5.54. The van der Waals surface area contributed by atoms with Crippen molar-refractivity contribution in [3.05, 3.63) is 29.8 Å². The zero-order valence-electron chi connectivity index (χ0n) is 11.8. The lowest BCUT2D eigenvalue weighted by Crippen LogP contribution is -2.50. The number of aryl methyl sites for hydroxylation is 1. The summed E-state index contributed by atoms with van der Waals surface area (Å²) in [6.07, 6.45) is 1.37. The lowest BCUT2D eigenvalue weighted by Gasteiger charge is -2.42. The fourth-order valence-corrected chi connectivity index (χ4v) is 2.99. The van der Waals surface area contributed by atoms with Crippen molar-refractivity contribution in [3.63, 3.8) is 0 Å². The van der Waals surface area contributed by atoms with Crippen LogP contribution in [0.5, 0.6) is 0 Å². The number of carbonyl (C=O) groups is 1. The van der Waals surface area contributed by atoms with E-state index in [2.05, 4.69) is 13.0 Å². The van der Waals surface area contributed by atoms with E-state index in [1.165, 1.54) is 0 Å². The molecule has 1 fully saturated rings. The van der Waals surface area contributed by atoms with Gasteiger partial charge in [0.15, 0.2) is 0 Å². The van der Waals surface area contributed by atoms with Gasteiger partial charge in [-0.05, 0) is 44.2 Å². The first-order valence-electron chi connectivity index (χ1n) is 6.83. The summed E-state index contributed by atoms with van der Waals surface area (Å²) in [6, 6.07) is 10.1. The third-order valence-electron chi connectivity index (χ3n) is 3.98. The molecule has 0 heterocycles. The highest BCUT2D eigenvalue weighted by molar-refractivity contribution is 6.00. The van der Waals surface area contributed by atoms with Gasteiger partial charge in [-0.25, -0.2) is 0 Å². The topological polar surface area (TPSA) is 44.1 Å². The molecule has 3 heteroatoms. The Bertz CT molecular complexity index is 524. The second-order valence-electron chi connectivity index (χ2n) is 5.54. The van der Waals surface area contributed by atoms with Crippen LogP contribution in [0.15, 0.2) is 24.3 Å². The average molecular weight is 256 g/mol. The van der Waals surface area contributed by atoms with Gasteiger partial charge in [0.25, 0.3) is 0 Å². The quantitative estimate of drug-likeness (QED) is 0.833. The number of benzene rings is 1. The van der Waals surface area contributed by atoms with E-state index in [0.29, 0.717) is 25.3 Å². The van der Waals surface area contributed by atoms with E-state index in [0.717, 1.165) is 11.3 Å². The molecule has 1 aromatic carbocycles. The molecule has 0 aromatic heterocycles. The molecule has 0 radical (unpaired) electrons. The molecule has 2 rings (SSSR count). The molecule has 0 N–H and O–H groups in total. The summed E-state index contributed by atoms with van der Waals surface area (Å²) in [5.74, 6) is 0.434. The summed E-state index contributed by atoms with van der Waals surface area (Å²) in [4.78, 5) is 14.5. The Morgan fingerprint density at radius 3 is 2.58 bits per heavy atom. The molecule has 0 unspecified atom stereocenters. The van der Waals surface area contributed by atoms with E-state index in [4.69, 9.17) is 0 Å². The molecule has 1 amide bonds. The molecule has 0 spiro atoms. The van der Waals surface area contributed by atoms with E-state index < -0.39 is 5.41 Å². The summed E-state index contributed by atoms with van der Waals surface area (Å²) in [7, 11) is 0. The van der Waals surface area contributed by atoms with Crippen LogP contribution in [-0.2, 0) is 4.79 Å². The Balaban J connectivity index is 2.31. The second kappa shape index (κ2) is 5.05. The van der Waals surface area contributed by atoms with Crippen LogP contribution in [0.4, 0.5) is 5.69 Å². The normalized spacial score (nSPS) is 25.3. The molecular weight excluding hydrogens is 236 g/mol. The number of rotatable bonds is 3. The van der Waals surface area contributed by atoms with Gasteiger partial charge in [-0.3, -0.25) is 4.79 Å². The molecule has 1 aliphatic rings. The molecule has 100 valence electrons. The highest BCUT2D eigenvalue weighted by Crippen LogP contribution is 2.46. The molecule has 0 saturated heterocycles. The number of nitriles is 1. The van der Waals surface area contributed by atoms with Gasteiger partial charge in [0.1, 0.15) is 5.41 Å². The summed E-state index contributed by atoms with van der Waals surface area (Å²) in [5.41, 5.74) is 1.19. The molecule has 0 aliphatic heterocycles. The molecule has 1 saturated carbocycles. The molecular formula is C16H20N2O. The van der Waals surface area contributed by atoms with Crippen molar-refractivity contribution in [2.75, 3.05) is 11.4 Å². The molecule has 1 aliphatic carbocycles. The summed E-state index contributed by atoms with van der Waals surface area (Å²) < 4.78 is 0. The smallest absolute Gasteiger partial charge is 0.247 e. The predicted octanol–water partition coefficient (Wildman–Crippen LogP) is 3.29. The highest BCUT2D eigenvalue weighted by Gasteiger charge is 2.50. The van der Waals surface area contributed by atoms with Gasteiger partial charge in [0, 0.05) is 12.2 Å². The third kappa shape index (κ3) is 2.23. The van der Waals surface area contributed by atoms with Crippen molar-refractivity contribution in [1.29, 1.82) is 5.26 Å². The largest absolute Gasteiger partial charge is 0.311 e. The lowest BCUT2D eigenvalue weighted by molar-refractivity contribution is -0.131. The van der Waals surface area contributed by atoms with Gasteiger partial charge in [-0.2, -0.15) is 5.26 Å². The van der Waals surface area contributed by atoms with Gasteiger partial charge in [0.05, 0.1) is 6.07 Å². The van der Waals surface area contributed by atoms with Gasteiger partial charge in [-0.15, -0.1) is 0 Å². The SMILES string of the molecule is CCN(C(=O)C1(C#N)CC(C)C1)c1ccccc1C. The minimum atomic E-state index is -0.794. The van der Waals surface area contributed by atoms with Crippen LogP contribution in [0.2, 0.25) is 0 Å². The fraction of sp³-hybridized carbons (Fsp3) is 0.500. The van der Waals surface area contributed by atoms with Gasteiger partial charge < -0.3 is 4.90 Å². The minimum absolute atomic E-state index is 0.0371. The van der Waals surface area contributed by atoms with Gasteiger partial charge in [0.2, 0.25) is 5.91 Å². The zero-order valence-corrected chi connectivity index (χ0v) is 11.8. The monoisotopic (exact) mass is 256 g/mol. The zero-order chi connectivity index (χ0) is 14.0. The average Bonchev–Trinajstić information content (AvgIpc) is 2.37. The van der Waals surface area contributed by atoms with Crippen molar-refractivity contribution >= 4 is 11.6 Å². The van der Waals surface area contributed by atoms with Crippen LogP contribution in [0.25, 0.3) is 0 Å². The third-order valence-corrected chi connectivity index (χ3v) is 3.98. The number of hydrogen-bond donors (Lipinski definition) is 0. The van der Waals surface area contributed by atoms with Gasteiger partial charge >= 0.3 is 0 Å². The predicted molar refractivity (Wildman–Crippen MR) is 75.7 cm³/mol. The summed E-state index contributed by atoms with van der Waals surface area (Å²) in [6.45, 7) is 6.64. The summed E-state index contributed by atoms with van der Waals surface area (Å²) >= 11 is 0. The van der Waals surface area contributed by atoms with Crippen LogP contribution in [-0.4, -0.2) is 12.5 Å². The van der Waals surface area contributed by atoms with Crippen molar-refractivity contribution in [2.24, 2.45) is 11.3 Å². The molecule has 0 bridgehead atoms. The number of anilines is 1. The Morgan fingerprint density at radius 2 is 2.11 bits per heavy atom. The first-order valence-corrected chi connectivity index (χ1v) is 6.83. The number of hydrogen-bond acceptors (Lipinski definition) is 2. The number of para-hydroxylation sites is 1. The Kier molecular flexibility index (Phi) is 3.61. The van der Waals surface area contributed by atoms with E-state index in [1.807, 2.05) is 38.1 Å². The number of nitrogens with zero attached hydrogens (tertiary/aromatic N) is 2. The van der Waals surface area contributed by atoms with Crippen LogP contribution in [0, 0.1) is 29.6 Å². The maximum atomic E-state index is 12.7. The molecule has 0 atom stereocenters. The van der Waals surface area contributed by atoms with Gasteiger partial charge in [-0.1, -0.05) is 25.1 Å². The van der Waals surface area contributed by atoms with Crippen molar-refractivity contribution in [3.8, 4) is 6.07 Å². The van der Waals surface area contributed by atoms with Crippen LogP contribution < -0.4 is 4.90 Å². The van der Waals surface area contributed by atoms with Crippen molar-refractivity contribution in [2.45, 2.75) is 33.6 Å². The molecule has 19 heavy (non-hydrogen) atoms. The number of amides is 1. The van der Waals surface area contributed by atoms with E-state index >= 15 is 0 Å². The van der Waals surface area contributed by atoms with Crippen molar-refractivity contribution < 1.29 is 4.79 Å². The van der Waals surface area contributed by atoms with Crippen LogP contribution in [0.1, 0.15) is 32.3 Å². The minimum Gasteiger partial charge on any atom is -0.311 e.